The first-order chi connectivity index (χ1) is 12.2. The van der Waals surface area contributed by atoms with Gasteiger partial charge in [-0.3, -0.25) is 9.63 Å². The van der Waals surface area contributed by atoms with Gasteiger partial charge in [0.15, 0.2) is 6.61 Å². The fourth-order valence-corrected chi connectivity index (χ4v) is 2.03. The molecular formula is C17H18FNO7. The van der Waals surface area contributed by atoms with Gasteiger partial charge in [-0.1, -0.05) is 19.1 Å². The van der Waals surface area contributed by atoms with E-state index in [0.717, 1.165) is 11.1 Å². The number of esters is 1. The van der Waals surface area contributed by atoms with E-state index in [-0.39, 0.29) is 12.3 Å². The molecule has 0 aromatic heterocycles. The van der Waals surface area contributed by atoms with Gasteiger partial charge in [-0.25, -0.2) is 19.0 Å². The summed E-state index contributed by atoms with van der Waals surface area (Å²) in [6.07, 6.45) is 1.24. The quantitative estimate of drug-likeness (QED) is 0.445. The smallest absolute Gasteiger partial charge is 0.377 e. The molecule has 0 spiro atoms. The van der Waals surface area contributed by atoms with Gasteiger partial charge in [-0.05, 0) is 17.7 Å². The number of carbonyl (C=O) groups excluding carboxylic acids is 2. The molecule has 1 saturated heterocycles. The van der Waals surface area contributed by atoms with Crippen molar-refractivity contribution in [2.45, 2.75) is 32.6 Å². The van der Waals surface area contributed by atoms with E-state index < -0.39 is 36.1 Å². The molecule has 1 amide bonds. The second kappa shape index (κ2) is 7.96. The lowest BCUT2D eigenvalue weighted by Crippen LogP contribution is -2.32. The summed E-state index contributed by atoms with van der Waals surface area (Å²) in [6, 6.07) is 5.22. The number of hydrogen-bond donors (Lipinski definition) is 1. The van der Waals surface area contributed by atoms with Gasteiger partial charge in [0, 0.05) is 13.3 Å². The number of cyclic esters (lactones) is 1. The van der Waals surface area contributed by atoms with Crippen molar-refractivity contribution in [3.05, 3.63) is 47.5 Å². The molecule has 9 heteroatoms. The van der Waals surface area contributed by atoms with Crippen LogP contribution in [0.5, 0.6) is 0 Å². The van der Waals surface area contributed by atoms with Crippen LogP contribution in [0.25, 0.3) is 0 Å². The van der Waals surface area contributed by atoms with E-state index in [2.05, 4.69) is 0 Å². The first-order valence-electron chi connectivity index (χ1n) is 7.77. The molecule has 0 radical (unpaired) electrons. The molecule has 1 aliphatic rings. The third-order valence-corrected chi connectivity index (χ3v) is 3.56. The Morgan fingerprint density at radius 2 is 1.96 bits per heavy atom. The molecule has 0 saturated carbocycles. The summed E-state index contributed by atoms with van der Waals surface area (Å²) in [5, 5.41) is 9.49. The Morgan fingerprint density at radius 3 is 2.50 bits per heavy atom. The zero-order valence-corrected chi connectivity index (χ0v) is 14.2. The van der Waals surface area contributed by atoms with Crippen LogP contribution in [-0.2, 0) is 35.2 Å². The van der Waals surface area contributed by atoms with Gasteiger partial charge in [-0.2, -0.15) is 0 Å². The maximum absolute atomic E-state index is 13.0. The molecule has 1 unspecified atom stereocenters. The molecule has 26 heavy (non-hydrogen) atoms. The lowest BCUT2D eigenvalue weighted by Gasteiger charge is -2.20. The minimum Gasteiger partial charge on any atom is -0.479 e. The van der Waals surface area contributed by atoms with Crippen molar-refractivity contribution in [1.29, 1.82) is 0 Å². The van der Waals surface area contributed by atoms with E-state index in [4.69, 9.17) is 19.4 Å². The van der Waals surface area contributed by atoms with Crippen molar-refractivity contribution in [3.63, 3.8) is 0 Å². The highest BCUT2D eigenvalue weighted by molar-refractivity contribution is 5.97. The van der Waals surface area contributed by atoms with Crippen LogP contribution in [0.1, 0.15) is 25.8 Å². The van der Waals surface area contributed by atoms with Crippen molar-refractivity contribution < 1.29 is 38.2 Å². The van der Waals surface area contributed by atoms with E-state index in [1.165, 1.54) is 24.3 Å². The number of rotatable bonds is 7. The van der Waals surface area contributed by atoms with Crippen LogP contribution in [0.2, 0.25) is 0 Å². The second-order valence-corrected chi connectivity index (χ2v) is 5.66. The van der Waals surface area contributed by atoms with Gasteiger partial charge in [-0.15, -0.1) is 0 Å². The highest BCUT2D eigenvalue weighted by atomic mass is 19.1. The monoisotopic (exact) mass is 367 g/mol. The fraction of sp³-hybridized carbons (Fsp3) is 0.353. The Bertz CT molecular complexity index is 731. The van der Waals surface area contributed by atoms with Crippen LogP contribution in [0.3, 0.4) is 0 Å². The highest BCUT2D eigenvalue weighted by Crippen LogP contribution is 2.29. The number of carbonyl (C=O) groups is 3. The summed E-state index contributed by atoms with van der Waals surface area (Å²) in [7, 11) is 0. The SMILES string of the molecule is CCC1(C)OC(=O)/C(=C/C(=O)N(Cc2ccc(F)cc2)OCC(=O)O)O1. The van der Waals surface area contributed by atoms with Gasteiger partial charge in [0.1, 0.15) is 5.82 Å². The number of benzene rings is 1. The predicted octanol–water partition coefficient (Wildman–Crippen LogP) is 1.75. The number of carboxylic acids is 1. The number of hydroxylamine groups is 2. The third-order valence-electron chi connectivity index (χ3n) is 3.56. The first-order valence-corrected chi connectivity index (χ1v) is 7.77. The predicted molar refractivity (Wildman–Crippen MR) is 84.5 cm³/mol. The van der Waals surface area contributed by atoms with Crippen LogP contribution < -0.4 is 0 Å². The molecule has 2 rings (SSSR count). The van der Waals surface area contributed by atoms with Crippen LogP contribution in [0.15, 0.2) is 36.1 Å². The molecular weight excluding hydrogens is 349 g/mol. The van der Waals surface area contributed by atoms with Crippen molar-refractivity contribution in [2.75, 3.05) is 6.61 Å². The minimum absolute atomic E-state index is 0.156. The number of halogens is 1. The summed E-state index contributed by atoms with van der Waals surface area (Å²) in [5.74, 6) is -4.83. The van der Waals surface area contributed by atoms with Crippen LogP contribution in [-0.4, -0.2) is 40.4 Å². The Labute approximate surface area is 148 Å². The van der Waals surface area contributed by atoms with E-state index in [1.807, 2.05) is 0 Å². The number of carboxylic acid groups (broad SMARTS) is 1. The topological polar surface area (TPSA) is 102 Å². The number of ether oxygens (including phenoxy) is 2. The lowest BCUT2D eigenvalue weighted by molar-refractivity contribution is -0.192. The van der Waals surface area contributed by atoms with Crippen molar-refractivity contribution in [2.24, 2.45) is 0 Å². The van der Waals surface area contributed by atoms with Gasteiger partial charge >= 0.3 is 11.9 Å². The van der Waals surface area contributed by atoms with Crippen LogP contribution >= 0.6 is 0 Å². The molecule has 8 nitrogen and oxygen atoms in total. The third kappa shape index (κ3) is 5.03. The number of amides is 1. The first kappa shape index (κ1) is 19.4. The van der Waals surface area contributed by atoms with Gasteiger partial charge in [0.05, 0.1) is 12.6 Å². The standard InChI is InChI=1S/C17H18FNO7/c1-3-17(2)25-13(16(23)26-17)8-14(20)19(24-10-15(21)22)9-11-4-6-12(18)7-5-11/h4-8H,3,9-10H2,1-2H3,(H,21,22)/b13-8-. The molecule has 1 aliphatic heterocycles. The van der Waals surface area contributed by atoms with E-state index in [1.54, 1.807) is 13.8 Å². The normalized spacial score (nSPS) is 20.6. The Hall–Kier alpha value is -2.94. The average molecular weight is 367 g/mol. The lowest BCUT2D eigenvalue weighted by atomic mass is 10.2. The van der Waals surface area contributed by atoms with Gasteiger partial charge in [0.2, 0.25) is 5.76 Å². The maximum Gasteiger partial charge on any atom is 0.377 e. The van der Waals surface area contributed by atoms with Gasteiger partial charge in [0.25, 0.3) is 11.7 Å². The maximum atomic E-state index is 13.0. The molecule has 1 atom stereocenters. The number of nitrogens with zero attached hydrogens (tertiary/aromatic N) is 1. The molecule has 0 aliphatic carbocycles. The van der Waals surface area contributed by atoms with Crippen molar-refractivity contribution in [1.82, 2.24) is 5.06 Å². The molecule has 1 N–H and O–H groups in total. The minimum atomic E-state index is -1.29. The van der Waals surface area contributed by atoms with E-state index >= 15 is 0 Å². The van der Waals surface area contributed by atoms with Crippen LogP contribution in [0.4, 0.5) is 4.39 Å². The summed E-state index contributed by atoms with van der Waals surface area (Å²) in [4.78, 5) is 39.9. The zero-order valence-electron chi connectivity index (χ0n) is 14.2. The fourth-order valence-electron chi connectivity index (χ4n) is 2.03. The highest BCUT2D eigenvalue weighted by Gasteiger charge is 2.40. The van der Waals surface area contributed by atoms with E-state index in [0.29, 0.717) is 12.0 Å². The Morgan fingerprint density at radius 1 is 1.31 bits per heavy atom. The van der Waals surface area contributed by atoms with E-state index in [9.17, 15) is 18.8 Å². The summed E-state index contributed by atoms with van der Waals surface area (Å²) >= 11 is 0. The van der Waals surface area contributed by atoms with Crippen LogP contribution in [0, 0.1) is 5.82 Å². The molecule has 1 aromatic carbocycles. The van der Waals surface area contributed by atoms with Gasteiger partial charge < -0.3 is 14.6 Å². The summed E-state index contributed by atoms with van der Waals surface area (Å²) < 4.78 is 23.4. The average Bonchev–Trinajstić information content (AvgIpc) is 2.87. The zero-order chi connectivity index (χ0) is 19.3. The number of aliphatic carboxylic acids is 1. The molecule has 1 fully saturated rings. The van der Waals surface area contributed by atoms with Crippen molar-refractivity contribution >= 4 is 17.8 Å². The van der Waals surface area contributed by atoms with Crippen molar-refractivity contribution in [3.8, 4) is 0 Å². The second-order valence-electron chi connectivity index (χ2n) is 5.66. The molecule has 1 aromatic rings. The molecule has 1 heterocycles. The Kier molecular flexibility index (Phi) is 5.93. The molecule has 140 valence electrons. The summed E-state index contributed by atoms with van der Waals surface area (Å²) in [5.41, 5.74) is 0.497. The number of hydrogen-bond acceptors (Lipinski definition) is 6. The molecule has 0 bridgehead atoms. The largest absolute Gasteiger partial charge is 0.479 e. The Balaban J connectivity index is 2.17. The summed E-state index contributed by atoms with van der Waals surface area (Å²) in [6.45, 7) is 2.37.